The van der Waals surface area contributed by atoms with E-state index in [1.807, 2.05) is 37.3 Å². The monoisotopic (exact) mass is 264 g/mol. The summed E-state index contributed by atoms with van der Waals surface area (Å²) in [5.74, 6) is 0.545. The van der Waals surface area contributed by atoms with Crippen molar-refractivity contribution in [3.8, 4) is 5.75 Å². The Hall–Kier alpha value is -1.55. The van der Waals surface area contributed by atoms with E-state index in [-0.39, 0.29) is 10.6 Å². The van der Waals surface area contributed by atoms with Gasteiger partial charge in [0.25, 0.3) is 0 Å². The van der Waals surface area contributed by atoms with Crippen LogP contribution in [0.2, 0.25) is 0 Å². The number of ether oxygens (including phenoxy) is 1. The minimum Gasteiger partial charge on any atom is -0.492 e. The third kappa shape index (κ3) is 2.20. The first kappa shape index (κ1) is 12.9. The molecule has 0 fully saturated rings. The van der Waals surface area contributed by atoms with Crippen molar-refractivity contribution in [3.63, 3.8) is 0 Å². The molecule has 0 aromatic heterocycles. The third-order valence-electron chi connectivity index (χ3n) is 2.85. The van der Waals surface area contributed by atoms with Gasteiger partial charge >= 0.3 is 0 Å². The van der Waals surface area contributed by atoms with Crippen LogP contribution >= 0.6 is 0 Å². The molecule has 0 saturated carbocycles. The van der Waals surface area contributed by atoms with Gasteiger partial charge in [0.05, 0.1) is 12.4 Å². The highest BCUT2D eigenvalue weighted by atomic mass is 32.2. The number of benzene rings is 2. The lowest BCUT2D eigenvalue weighted by molar-refractivity contribution is 0.335. The van der Waals surface area contributed by atoms with Gasteiger partial charge in [0, 0.05) is 5.39 Å². The van der Waals surface area contributed by atoms with Crippen LogP contribution in [-0.2, 0) is 9.84 Å². The van der Waals surface area contributed by atoms with Gasteiger partial charge in [-0.05, 0) is 18.4 Å². The second-order valence-electron chi connectivity index (χ2n) is 3.95. The quantitative estimate of drug-likeness (QED) is 0.852. The van der Waals surface area contributed by atoms with Gasteiger partial charge in [-0.3, -0.25) is 0 Å². The number of hydrogen-bond donors (Lipinski definition) is 0. The highest BCUT2D eigenvalue weighted by molar-refractivity contribution is 7.91. The fourth-order valence-corrected chi connectivity index (χ4v) is 2.95. The fraction of sp³-hybridized carbons (Fsp3) is 0.286. The Bertz CT molecular complexity index is 660. The van der Waals surface area contributed by atoms with E-state index in [9.17, 15) is 8.42 Å². The molecule has 0 radical (unpaired) electrons. The largest absolute Gasteiger partial charge is 0.492 e. The molecule has 0 N–H and O–H groups in total. The molecule has 0 heterocycles. The minimum absolute atomic E-state index is 0.0748. The number of fused-ring (bicyclic) bond motifs is 1. The van der Waals surface area contributed by atoms with E-state index in [2.05, 4.69) is 0 Å². The van der Waals surface area contributed by atoms with Gasteiger partial charge in [-0.15, -0.1) is 0 Å². The van der Waals surface area contributed by atoms with Gasteiger partial charge < -0.3 is 4.74 Å². The predicted molar refractivity (Wildman–Crippen MR) is 72.8 cm³/mol. The molecule has 18 heavy (non-hydrogen) atoms. The van der Waals surface area contributed by atoms with Crippen LogP contribution in [0.4, 0.5) is 0 Å². The van der Waals surface area contributed by atoms with Crippen LogP contribution in [0.3, 0.4) is 0 Å². The lowest BCUT2D eigenvalue weighted by atomic mass is 10.1. The fourth-order valence-electron chi connectivity index (χ4n) is 1.92. The summed E-state index contributed by atoms with van der Waals surface area (Å²) >= 11 is 0. The molecule has 0 aliphatic carbocycles. The minimum atomic E-state index is -3.27. The van der Waals surface area contributed by atoms with Crippen molar-refractivity contribution in [3.05, 3.63) is 36.4 Å². The van der Waals surface area contributed by atoms with Gasteiger partial charge in [-0.1, -0.05) is 37.3 Å². The predicted octanol–water partition coefficient (Wildman–Crippen LogP) is 3.03. The molecule has 2 rings (SSSR count). The third-order valence-corrected chi connectivity index (χ3v) is 4.60. The Morgan fingerprint density at radius 1 is 1.06 bits per heavy atom. The molecule has 0 spiro atoms. The first-order chi connectivity index (χ1) is 8.60. The Labute approximate surface area is 107 Å². The summed E-state index contributed by atoms with van der Waals surface area (Å²) in [6.45, 7) is 3.94. The molecule has 0 saturated heterocycles. The van der Waals surface area contributed by atoms with Crippen LogP contribution in [0.15, 0.2) is 41.3 Å². The second kappa shape index (κ2) is 4.98. The molecular formula is C14H16O3S. The molecule has 2 aromatic rings. The molecule has 0 aliphatic rings. The van der Waals surface area contributed by atoms with Crippen molar-refractivity contribution in [1.29, 1.82) is 0 Å². The molecule has 0 bridgehead atoms. The summed E-state index contributed by atoms with van der Waals surface area (Å²) < 4.78 is 29.7. The molecule has 0 amide bonds. The van der Waals surface area contributed by atoms with E-state index in [1.54, 1.807) is 13.0 Å². The maximum Gasteiger partial charge on any atom is 0.181 e. The zero-order valence-corrected chi connectivity index (χ0v) is 11.3. The summed E-state index contributed by atoms with van der Waals surface area (Å²) in [5, 5.41) is 1.82. The summed E-state index contributed by atoms with van der Waals surface area (Å²) in [6.07, 6.45) is 0. The van der Waals surface area contributed by atoms with Gasteiger partial charge in [0.15, 0.2) is 9.84 Å². The zero-order valence-electron chi connectivity index (χ0n) is 10.5. The topological polar surface area (TPSA) is 43.4 Å². The van der Waals surface area contributed by atoms with Crippen LogP contribution in [0, 0.1) is 0 Å². The maximum atomic E-state index is 12.1. The highest BCUT2D eigenvalue weighted by Gasteiger charge is 2.19. The smallest absolute Gasteiger partial charge is 0.181 e. The van der Waals surface area contributed by atoms with Crippen molar-refractivity contribution in [2.75, 3.05) is 12.4 Å². The first-order valence-electron chi connectivity index (χ1n) is 5.97. The van der Waals surface area contributed by atoms with Crippen molar-refractivity contribution >= 4 is 20.6 Å². The van der Waals surface area contributed by atoms with Crippen LogP contribution < -0.4 is 4.74 Å². The maximum absolute atomic E-state index is 12.1. The Morgan fingerprint density at radius 2 is 1.78 bits per heavy atom. The average molecular weight is 264 g/mol. The molecule has 0 atom stereocenters. The van der Waals surface area contributed by atoms with Crippen LogP contribution in [0.1, 0.15) is 13.8 Å². The first-order valence-corrected chi connectivity index (χ1v) is 7.62. The standard InChI is InChI=1S/C14H16O3S/c1-3-17-14-12-8-6-5-7-11(12)9-10-13(14)18(15,16)4-2/h5-10H,3-4H2,1-2H3. The normalized spacial score (nSPS) is 11.7. The molecule has 4 heteroatoms. The Morgan fingerprint density at radius 3 is 2.44 bits per heavy atom. The van der Waals surface area contributed by atoms with Crippen LogP contribution in [0.5, 0.6) is 5.75 Å². The molecule has 0 unspecified atom stereocenters. The molecule has 3 nitrogen and oxygen atoms in total. The van der Waals surface area contributed by atoms with E-state index in [0.29, 0.717) is 12.4 Å². The Balaban J connectivity index is 2.78. The number of sulfone groups is 1. The summed E-state index contributed by atoms with van der Waals surface area (Å²) in [6, 6.07) is 11.1. The van der Waals surface area contributed by atoms with Crippen molar-refractivity contribution in [2.24, 2.45) is 0 Å². The molecular weight excluding hydrogens is 248 g/mol. The lowest BCUT2D eigenvalue weighted by Crippen LogP contribution is -2.07. The van der Waals surface area contributed by atoms with Gasteiger partial charge in [0.2, 0.25) is 0 Å². The summed E-state index contributed by atoms with van der Waals surface area (Å²) in [4.78, 5) is 0.283. The summed E-state index contributed by atoms with van der Waals surface area (Å²) in [7, 11) is -3.27. The lowest BCUT2D eigenvalue weighted by Gasteiger charge is -2.13. The highest BCUT2D eigenvalue weighted by Crippen LogP contribution is 2.33. The molecule has 0 aliphatic heterocycles. The van der Waals surface area contributed by atoms with E-state index in [0.717, 1.165) is 10.8 Å². The van der Waals surface area contributed by atoms with Crippen LogP contribution in [-0.4, -0.2) is 20.8 Å². The SMILES string of the molecule is CCOc1c(S(=O)(=O)CC)ccc2ccccc12. The summed E-state index contributed by atoms with van der Waals surface area (Å²) in [5.41, 5.74) is 0. The average Bonchev–Trinajstić information content (AvgIpc) is 2.39. The van der Waals surface area contributed by atoms with Gasteiger partial charge in [0.1, 0.15) is 10.6 Å². The van der Waals surface area contributed by atoms with Crippen molar-refractivity contribution < 1.29 is 13.2 Å². The van der Waals surface area contributed by atoms with E-state index < -0.39 is 9.84 Å². The van der Waals surface area contributed by atoms with Crippen molar-refractivity contribution in [1.82, 2.24) is 0 Å². The zero-order chi connectivity index (χ0) is 13.2. The van der Waals surface area contributed by atoms with Gasteiger partial charge in [-0.2, -0.15) is 0 Å². The van der Waals surface area contributed by atoms with Crippen molar-refractivity contribution in [2.45, 2.75) is 18.7 Å². The molecule has 2 aromatic carbocycles. The van der Waals surface area contributed by atoms with E-state index >= 15 is 0 Å². The number of hydrogen-bond acceptors (Lipinski definition) is 3. The molecule has 96 valence electrons. The number of rotatable bonds is 4. The van der Waals surface area contributed by atoms with E-state index in [4.69, 9.17) is 4.74 Å². The van der Waals surface area contributed by atoms with Crippen LogP contribution in [0.25, 0.3) is 10.8 Å². The Kier molecular flexibility index (Phi) is 3.57. The second-order valence-corrected chi connectivity index (χ2v) is 6.20. The van der Waals surface area contributed by atoms with Gasteiger partial charge in [-0.25, -0.2) is 8.42 Å². The van der Waals surface area contributed by atoms with E-state index in [1.165, 1.54) is 0 Å².